The molecule has 0 aliphatic heterocycles. The number of rotatable bonds is 4. The minimum Gasteiger partial charge on any atom is -0.497 e. The van der Waals surface area contributed by atoms with Gasteiger partial charge in [-0.1, -0.05) is 18.2 Å². The van der Waals surface area contributed by atoms with Crippen molar-refractivity contribution >= 4 is 28.1 Å². The normalized spacial score (nSPS) is 11.2. The number of hydrogen-bond donors (Lipinski definition) is 0. The number of aldehydes is 1. The molecule has 2 aromatic heterocycles. The number of methoxy groups -OCH3 is 1. The first-order valence-electron chi connectivity index (χ1n) is 8.00. The first-order valence-corrected chi connectivity index (χ1v) is 8.00. The predicted molar refractivity (Wildman–Crippen MR) is 96.4 cm³/mol. The summed E-state index contributed by atoms with van der Waals surface area (Å²) in [5.74, 6) is 1.79. The molecule has 0 fully saturated rings. The Balaban J connectivity index is 2.07. The van der Waals surface area contributed by atoms with Gasteiger partial charge in [-0.05, 0) is 43.3 Å². The highest BCUT2D eigenvalue weighted by Crippen LogP contribution is 2.30. The predicted octanol–water partition coefficient (Wildman–Crippen LogP) is 4.43. The van der Waals surface area contributed by atoms with Crippen molar-refractivity contribution in [1.29, 1.82) is 0 Å². The summed E-state index contributed by atoms with van der Waals surface area (Å²) in [4.78, 5) is 11.7. The highest BCUT2D eigenvalue weighted by Gasteiger charge is 2.16. The minimum atomic E-state index is 0.635. The van der Waals surface area contributed by atoms with Crippen LogP contribution in [0.2, 0.25) is 0 Å². The molecule has 0 N–H and O–H groups in total. The molecule has 4 rings (SSSR count). The number of benzene rings is 2. The maximum absolute atomic E-state index is 11.7. The maximum atomic E-state index is 11.7. The molecule has 0 saturated carbocycles. The van der Waals surface area contributed by atoms with E-state index in [-0.39, 0.29) is 0 Å². The number of ether oxygens (including phenoxy) is 1. The van der Waals surface area contributed by atoms with E-state index >= 15 is 0 Å². The number of para-hydroxylation sites is 1. The van der Waals surface area contributed by atoms with Gasteiger partial charge in [0, 0.05) is 22.8 Å². The van der Waals surface area contributed by atoms with Crippen LogP contribution in [0.5, 0.6) is 5.75 Å². The lowest BCUT2D eigenvalue weighted by Gasteiger charge is -2.12. The van der Waals surface area contributed by atoms with E-state index in [9.17, 15) is 4.79 Å². The van der Waals surface area contributed by atoms with Crippen molar-refractivity contribution in [2.45, 2.75) is 13.5 Å². The van der Waals surface area contributed by atoms with E-state index in [1.807, 2.05) is 41.0 Å². The summed E-state index contributed by atoms with van der Waals surface area (Å²) in [5.41, 5.74) is 2.80. The second-order valence-corrected chi connectivity index (χ2v) is 5.75. The van der Waals surface area contributed by atoms with Crippen molar-refractivity contribution in [3.8, 4) is 11.6 Å². The average Bonchev–Trinajstić information content (AvgIpc) is 3.17. The zero-order chi connectivity index (χ0) is 16.7. The Hall–Kier alpha value is -3.01. The van der Waals surface area contributed by atoms with Crippen LogP contribution in [0.4, 0.5) is 0 Å². The first kappa shape index (κ1) is 14.6. The molecule has 0 atom stereocenters. The van der Waals surface area contributed by atoms with Gasteiger partial charge in [-0.3, -0.25) is 9.36 Å². The fourth-order valence-electron chi connectivity index (χ4n) is 3.40. The largest absolute Gasteiger partial charge is 0.497 e. The van der Waals surface area contributed by atoms with E-state index in [4.69, 9.17) is 4.74 Å². The molecule has 120 valence electrons. The molecule has 0 aliphatic rings. The third kappa shape index (κ3) is 2.03. The van der Waals surface area contributed by atoms with E-state index in [0.717, 1.165) is 35.3 Å². The Morgan fingerprint density at radius 3 is 2.58 bits per heavy atom. The number of nitrogens with zero attached hydrogens (tertiary/aromatic N) is 2. The van der Waals surface area contributed by atoms with Crippen molar-refractivity contribution in [3.63, 3.8) is 0 Å². The third-order valence-electron chi connectivity index (χ3n) is 4.49. The minimum absolute atomic E-state index is 0.635. The summed E-state index contributed by atoms with van der Waals surface area (Å²) in [6.07, 6.45) is 0.907. The lowest BCUT2D eigenvalue weighted by Crippen LogP contribution is -2.06. The number of carbonyl (C=O) groups excluding carboxylic acids is 1. The Bertz CT molecular complexity index is 1060. The number of aryl methyl sites for hydroxylation is 1. The lowest BCUT2D eigenvalue weighted by molar-refractivity contribution is 0.111. The van der Waals surface area contributed by atoms with Crippen molar-refractivity contribution < 1.29 is 9.53 Å². The van der Waals surface area contributed by atoms with Crippen LogP contribution in [-0.2, 0) is 6.54 Å². The Kier molecular flexibility index (Phi) is 3.38. The van der Waals surface area contributed by atoms with Gasteiger partial charge < -0.3 is 9.30 Å². The van der Waals surface area contributed by atoms with Crippen LogP contribution in [0.25, 0.3) is 27.6 Å². The van der Waals surface area contributed by atoms with Crippen LogP contribution < -0.4 is 4.74 Å². The van der Waals surface area contributed by atoms with Gasteiger partial charge in [-0.15, -0.1) is 0 Å². The average molecular weight is 318 g/mol. The number of aromatic nitrogens is 2. The van der Waals surface area contributed by atoms with Crippen LogP contribution in [-0.4, -0.2) is 22.5 Å². The Morgan fingerprint density at radius 2 is 1.83 bits per heavy atom. The zero-order valence-electron chi connectivity index (χ0n) is 13.7. The molecule has 0 aliphatic carbocycles. The molecule has 0 unspecified atom stereocenters. The molecule has 4 aromatic rings. The molecule has 2 heterocycles. The number of fused-ring (bicyclic) bond motifs is 2. The fraction of sp³-hybridized carbons (Fsp3) is 0.150. The topological polar surface area (TPSA) is 36.2 Å². The summed E-state index contributed by atoms with van der Waals surface area (Å²) < 4.78 is 9.55. The van der Waals surface area contributed by atoms with Crippen LogP contribution in [0.15, 0.2) is 54.6 Å². The Labute approximate surface area is 139 Å². The molecule has 0 bridgehead atoms. The molecule has 0 amide bonds. The van der Waals surface area contributed by atoms with Gasteiger partial charge in [0.1, 0.15) is 11.6 Å². The van der Waals surface area contributed by atoms with E-state index in [1.165, 1.54) is 10.9 Å². The molecule has 2 aromatic carbocycles. The van der Waals surface area contributed by atoms with E-state index < -0.39 is 0 Å². The molecule has 0 radical (unpaired) electrons. The van der Waals surface area contributed by atoms with Gasteiger partial charge in [-0.25, -0.2) is 0 Å². The lowest BCUT2D eigenvalue weighted by atomic mass is 10.2. The fourth-order valence-corrected chi connectivity index (χ4v) is 3.40. The monoisotopic (exact) mass is 318 g/mol. The summed E-state index contributed by atoms with van der Waals surface area (Å²) in [6, 6.07) is 18.2. The summed E-state index contributed by atoms with van der Waals surface area (Å²) in [7, 11) is 1.65. The van der Waals surface area contributed by atoms with Crippen molar-refractivity contribution in [3.05, 3.63) is 60.3 Å². The molecule has 0 saturated heterocycles. The number of carbonyl (C=O) groups is 1. The van der Waals surface area contributed by atoms with Gasteiger partial charge in [-0.2, -0.15) is 0 Å². The van der Waals surface area contributed by atoms with Crippen LogP contribution >= 0.6 is 0 Å². The third-order valence-corrected chi connectivity index (χ3v) is 4.49. The van der Waals surface area contributed by atoms with Crippen molar-refractivity contribution in [2.75, 3.05) is 7.11 Å². The van der Waals surface area contributed by atoms with Crippen molar-refractivity contribution in [1.82, 2.24) is 9.13 Å². The molecular formula is C20H18N2O2. The van der Waals surface area contributed by atoms with Gasteiger partial charge in [0.2, 0.25) is 0 Å². The smallest absolute Gasteiger partial charge is 0.166 e. The van der Waals surface area contributed by atoms with Gasteiger partial charge in [0.15, 0.2) is 6.29 Å². The molecule has 24 heavy (non-hydrogen) atoms. The highest BCUT2D eigenvalue weighted by molar-refractivity contribution is 5.93. The molecule has 4 heteroatoms. The van der Waals surface area contributed by atoms with Gasteiger partial charge in [0.25, 0.3) is 0 Å². The highest BCUT2D eigenvalue weighted by atomic mass is 16.5. The van der Waals surface area contributed by atoms with E-state index in [1.54, 1.807) is 7.11 Å². The Morgan fingerprint density at radius 1 is 1.00 bits per heavy atom. The summed E-state index contributed by atoms with van der Waals surface area (Å²) in [6.45, 7) is 2.95. The van der Waals surface area contributed by atoms with Crippen LogP contribution in [0, 0.1) is 0 Å². The standard InChI is InChI=1S/C20H18N2O2/c1-3-21-18-7-5-4-6-14(18)12-20(21)22-16(13-23)10-15-11-17(24-2)8-9-19(15)22/h4-13H,3H2,1-2H3. The summed E-state index contributed by atoms with van der Waals surface area (Å²) >= 11 is 0. The second kappa shape index (κ2) is 5.57. The first-order chi connectivity index (χ1) is 11.8. The molecule has 4 nitrogen and oxygen atoms in total. The van der Waals surface area contributed by atoms with Crippen LogP contribution in [0.3, 0.4) is 0 Å². The number of hydrogen-bond acceptors (Lipinski definition) is 2. The van der Waals surface area contributed by atoms with Crippen LogP contribution in [0.1, 0.15) is 17.4 Å². The van der Waals surface area contributed by atoms with E-state index in [0.29, 0.717) is 5.69 Å². The SMILES string of the molecule is CCn1c(-n2c(C=O)cc3cc(OC)ccc32)cc2ccccc21. The van der Waals surface area contributed by atoms with Gasteiger partial charge >= 0.3 is 0 Å². The zero-order valence-corrected chi connectivity index (χ0v) is 13.7. The summed E-state index contributed by atoms with van der Waals surface area (Å²) in [5, 5.41) is 2.16. The maximum Gasteiger partial charge on any atom is 0.166 e. The molecular weight excluding hydrogens is 300 g/mol. The van der Waals surface area contributed by atoms with Gasteiger partial charge in [0.05, 0.1) is 18.3 Å². The second-order valence-electron chi connectivity index (χ2n) is 5.75. The van der Waals surface area contributed by atoms with E-state index in [2.05, 4.69) is 29.7 Å². The van der Waals surface area contributed by atoms with Crippen molar-refractivity contribution in [2.24, 2.45) is 0 Å². The quantitative estimate of drug-likeness (QED) is 0.522. The molecule has 0 spiro atoms.